The van der Waals surface area contributed by atoms with Crippen LogP contribution >= 0.6 is 0 Å². The standard InChI is InChI=1S/C9H19NO/c1-9(2,7-10)8-5-3-4-6-11-8/h8H,3-7,10H2,1-2H3/t8-/m1/s1. The van der Waals surface area contributed by atoms with E-state index in [1.54, 1.807) is 0 Å². The smallest absolute Gasteiger partial charge is 0.0638 e. The van der Waals surface area contributed by atoms with Crippen LogP contribution in [0.3, 0.4) is 0 Å². The average molecular weight is 157 g/mol. The third-order valence-electron chi connectivity index (χ3n) is 2.58. The van der Waals surface area contributed by atoms with Crippen LogP contribution in [0.2, 0.25) is 0 Å². The van der Waals surface area contributed by atoms with E-state index >= 15 is 0 Å². The van der Waals surface area contributed by atoms with Crippen LogP contribution in [0.5, 0.6) is 0 Å². The van der Waals surface area contributed by atoms with Gasteiger partial charge < -0.3 is 10.5 Å². The Morgan fingerprint density at radius 1 is 1.45 bits per heavy atom. The molecular formula is C9H19NO. The van der Waals surface area contributed by atoms with Crippen LogP contribution in [-0.2, 0) is 4.74 Å². The van der Waals surface area contributed by atoms with Crippen molar-refractivity contribution < 1.29 is 4.74 Å². The van der Waals surface area contributed by atoms with Crippen molar-refractivity contribution in [3.63, 3.8) is 0 Å². The van der Waals surface area contributed by atoms with E-state index < -0.39 is 0 Å². The van der Waals surface area contributed by atoms with E-state index in [1.165, 1.54) is 19.3 Å². The highest BCUT2D eigenvalue weighted by atomic mass is 16.5. The van der Waals surface area contributed by atoms with Gasteiger partial charge in [-0.3, -0.25) is 0 Å². The molecule has 0 aromatic heterocycles. The predicted octanol–water partition coefficient (Wildman–Crippen LogP) is 1.54. The first kappa shape index (κ1) is 9.01. The van der Waals surface area contributed by atoms with Crippen molar-refractivity contribution in [3.8, 4) is 0 Å². The fourth-order valence-electron chi connectivity index (χ4n) is 1.49. The zero-order valence-corrected chi connectivity index (χ0v) is 7.60. The van der Waals surface area contributed by atoms with E-state index in [9.17, 15) is 0 Å². The van der Waals surface area contributed by atoms with Crippen LogP contribution in [0, 0.1) is 5.41 Å². The van der Waals surface area contributed by atoms with Crippen LogP contribution in [0.1, 0.15) is 33.1 Å². The lowest BCUT2D eigenvalue weighted by atomic mass is 9.83. The largest absolute Gasteiger partial charge is 0.378 e. The van der Waals surface area contributed by atoms with Crippen molar-refractivity contribution >= 4 is 0 Å². The molecule has 0 aromatic carbocycles. The molecule has 0 bridgehead atoms. The maximum atomic E-state index is 5.66. The molecule has 0 aliphatic carbocycles. The summed E-state index contributed by atoms with van der Waals surface area (Å²) < 4.78 is 5.65. The molecule has 1 atom stereocenters. The van der Waals surface area contributed by atoms with Crippen LogP contribution in [-0.4, -0.2) is 19.3 Å². The van der Waals surface area contributed by atoms with Crippen molar-refractivity contribution in [1.29, 1.82) is 0 Å². The average Bonchev–Trinajstić information content (AvgIpc) is 2.06. The highest BCUT2D eigenvalue weighted by Crippen LogP contribution is 2.28. The third-order valence-corrected chi connectivity index (χ3v) is 2.58. The van der Waals surface area contributed by atoms with Gasteiger partial charge in [-0.15, -0.1) is 0 Å². The molecule has 1 saturated heterocycles. The van der Waals surface area contributed by atoms with Gasteiger partial charge >= 0.3 is 0 Å². The number of rotatable bonds is 2. The van der Waals surface area contributed by atoms with Crippen molar-refractivity contribution in [1.82, 2.24) is 0 Å². The lowest BCUT2D eigenvalue weighted by Crippen LogP contribution is -2.40. The Labute approximate surface area is 69.1 Å². The van der Waals surface area contributed by atoms with Gasteiger partial charge in [-0.05, 0) is 25.8 Å². The number of hydrogen-bond acceptors (Lipinski definition) is 2. The van der Waals surface area contributed by atoms with Gasteiger partial charge in [0, 0.05) is 12.0 Å². The number of hydrogen-bond donors (Lipinski definition) is 1. The second kappa shape index (κ2) is 3.55. The molecule has 1 fully saturated rings. The fourth-order valence-corrected chi connectivity index (χ4v) is 1.49. The summed E-state index contributed by atoms with van der Waals surface area (Å²) in [6.45, 7) is 6.01. The van der Waals surface area contributed by atoms with Gasteiger partial charge in [0.1, 0.15) is 0 Å². The Balaban J connectivity index is 2.43. The van der Waals surface area contributed by atoms with Gasteiger partial charge in [0.05, 0.1) is 6.10 Å². The highest BCUT2D eigenvalue weighted by molar-refractivity contribution is 4.81. The van der Waals surface area contributed by atoms with Gasteiger partial charge in [-0.1, -0.05) is 13.8 Å². The Hall–Kier alpha value is -0.0800. The summed E-state index contributed by atoms with van der Waals surface area (Å²) >= 11 is 0. The molecule has 2 heteroatoms. The molecule has 0 unspecified atom stereocenters. The first-order chi connectivity index (χ1) is 5.17. The summed E-state index contributed by atoms with van der Waals surface area (Å²) in [6.07, 6.45) is 4.09. The Kier molecular flexibility index (Phi) is 2.90. The lowest BCUT2D eigenvalue weighted by Gasteiger charge is -2.35. The molecular weight excluding hydrogens is 138 g/mol. The molecule has 1 rings (SSSR count). The van der Waals surface area contributed by atoms with Crippen molar-refractivity contribution in [2.24, 2.45) is 11.1 Å². The summed E-state index contributed by atoms with van der Waals surface area (Å²) in [7, 11) is 0. The number of ether oxygens (including phenoxy) is 1. The molecule has 0 radical (unpaired) electrons. The van der Waals surface area contributed by atoms with Crippen LogP contribution in [0.25, 0.3) is 0 Å². The molecule has 0 amide bonds. The molecule has 0 saturated carbocycles. The monoisotopic (exact) mass is 157 g/mol. The van der Waals surface area contributed by atoms with Crippen molar-refractivity contribution in [2.75, 3.05) is 13.2 Å². The maximum Gasteiger partial charge on any atom is 0.0638 e. The molecule has 2 nitrogen and oxygen atoms in total. The minimum atomic E-state index is 0.167. The quantitative estimate of drug-likeness (QED) is 0.660. The number of nitrogens with two attached hydrogens (primary N) is 1. The second-order valence-corrected chi connectivity index (χ2v) is 4.05. The molecule has 1 aliphatic rings. The molecule has 1 heterocycles. The molecule has 0 aromatic rings. The first-order valence-electron chi connectivity index (χ1n) is 4.48. The second-order valence-electron chi connectivity index (χ2n) is 4.05. The van der Waals surface area contributed by atoms with Gasteiger partial charge in [-0.25, -0.2) is 0 Å². The van der Waals surface area contributed by atoms with Gasteiger partial charge in [0.25, 0.3) is 0 Å². The zero-order chi connectivity index (χ0) is 8.32. The molecule has 1 aliphatic heterocycles. The molecule has 0 spiro atoms. The molecule has 66 valence electrons. The Morgan fingerprint density at radius 3 is 2.64 bits per heavy atom. The summed E-state index contributed by atoms with van der Waals surface area (Å²) in [5.74, 6) is 0. The Bertz CT molecular complexity index is 117. The van der Waals surface area contributed by atoms with Crippen LogP contribution in [0.4, 0.5) is 0 Å². The molecule has 2 N–H and O–H groups in total. The highest BCUT2D eigenvalue weighted by Gasteiger charge is 2.29. The minimum Gasteiger partial charge on any atom is -0.378 e. The van der Waals surface area contributed by atoms with Crippen LogP contribution in [0.15, 0.2) is 0 Å². The van der Waals surface area contributed by atoms with E-state index in [1.807, 2.05) is 0 Å². The SMILES string of the molecule is CC(C)(CN)[C@H]1CCCCO1. The van der Waals surface area contributed by atoms with E-state index in [-0.39, 0.29) is 5.41 Å². The van der Waals surface area contributed by atoms with Gasteiger partial charge in [0.15, 0.2) is 0 Å². The van der Waals surface area contributed by atoms with E-state index in [4.69, 9.17) is 10.5 Å². The Morgan fingerprint density at radius 2 is 2.18 bits per heavy atom. The topological polar surface area (TPSA) is 35.2 Å². The van der Waals surface area contributed by atoms with Gasteiger partial charge in [0.2, 0.25) is 0 Å². The summed E-state index contributed by atoms with van der Waals surface area (Å²) in [6, 6.07) is 0. The molecule has 11 heavy (non-hydrogen) atoms. The fraction of sp³-hybridized carbons (Fsp3) is 1.00. The maximum absolute atomic E-state index is 5.66. The van der Waals surface area contributed by atoms with Crippen LogP contribution < -0.4 is 5.73 Å². The van der Waals surface area contributed by atoms with Crippen molar-refractivity contribution in [2.45, 2.75) is 39.2 Å². The van der Waals surface area contributed by atoms with E-state index in [2.05, 4.69) is 13.8 Å². The summed E-state index contributed by atoms with van der Waals surface area (Å²) in [4.78, 5) is 0. The van der Waals surface area contributed by atoms with E-state index in [0.717, 1.165) is 13.2 Å². The third kappa shape index (κ3) is 2.17. The summed E-state index contributed by atoms with van der Waals surface area (Å²) in [5.41, 5.74) is 5.82. The first-order valence-corrected chi connectivity index (χ1v) is 4.48. The normalized spacial score (nSPS) is 27.0. The minimum absolute atomic E-state index is 0.167. The lowest BCUT2D eigenvalue weighted by molar-refractivity contribution is -0.0509. The summed E-state index contributed by atoms with van der Waals surface area (Å²) in [5, 5.41) is 0. The zero-order valence-electron chi connectivity index (χ0n) is 7.60. The van der Waals surface area contributed by atoms with Gasteiger partial charge in [-0.2, -0.15) is 0 Å². The van der Waals surface area contributed by atoms with E-state index in [0.29, 0.717) is 6.10 Å². The van der Waals surface area contributed by atoms with Crippen molar-refractivity contribution in [3.05, 3.63) is 0 Å². The predicted molar refractivity (Wildman–Crippen MR) is 46.4 cm³/mol.